The fraction of sp³-hybridized carbons (Fsp3) is 0.400. The van der Waals surface area contributed by atoms with E-state index in [-0.39, 0.29) is 11.7 Å². The van der Waals surface area contributed by atoms with Gasteiger partial charge in [-0.1, -0.05) is 12.2 Å². The van der Waals surface area contributed by atoms with Crippen LogP contribution in [0.3, 0.4) is 0 Å². The van der Waals surface area contributed by atoms with Crippen LogP contribution in [0.2, 0.25) is 0 Å². The smallest absolute Gasteiger partial charge is 0.220 e. The molecule has 0 unspecified atom stereocenters. The van der Waals surface area contributed by atoms with E-state index in [2.05, 4.69) is 11.9 Å². The number of amides is 1. The molecule has 1 rings (SSSR count). The molecule has 1 N–H and O–H groups in total. The maximum atomic E-state index is 12.7. The minimum absolute atomic E-state index is 0.00135. The maximum absolute atomic E-state index is 12.7. The SMILES string of the molecule is C=C(C)COCCNC(=O)CCSc1ccc(F)cc1. The normalized spacial score (nSPS) is 10.3. The summed E-state index contributed by atoms with van der Waals surface area (Å²) in [6.07, 6.45) is 0.433. The predicted molar refractivity (Wildman–Crippen MR) is 80.4 cm³/mol. The molecule has 1 aromatic rings. The molecule has 0 fully saturated rings. The van der Waals surface area contributed by atoms with Crippen LogP contribution in [0.5, 0.6) is 0 Å². The summed E-state index contributed by atoms with van der Waals surface area (Å²) in [6, 6.07) is 6.26. The molecular weight excluding hydrogens is 277 g/mol. The average Bonchev–Trinajstić information content (AvgIpc) is 2.40. The number of hydrogen-bond acceptors (Lipinski definition) is 3. The molecule has 0 bridgehead atoms. The Morgan fingerprint density at radius 2 is 2.10 bits per heavy atom. The molecule has 0 spiro atoms. The number of thioether (sulfide) groups is 1. The lowest BCUT2D eigenvalue weighted by molar-refractivity contribution is -0.120. The lowest BCUT2D eigenvalue weighted by Gasteiger charge is -2.06. The first-order valence-corrected chi connectivity index (χ1v) is 7.43. The number of hydrogen-bond donors (Lipinski definition) is 1. The Balaban J connectivity index is 2.05. The van der Waals surface area contributed by atoms with E-state index < -0.39 is 0 Å². The van der Waals surface area contributed by atoms with E-state index in [1.165, 1.54) is 23.9 Å². The summed E-state index contributed by atoms with van der Waals surface area (Å²) in [7, 11) is 0. The number of nitrogens with one attached hydrogen (secondary N) is 1. The van der Waals surface area contributed by atoms with Gasteiger partial charge in [-0.15, -0.1) is 11.8 Å². The standard InChI is InChI=1S/C15H20FNO2S/c1-12(2)11-19-9-8-17-15(18)7-10-20-14-5-3-13(16)4-6-14/h3-6H,1,7-11H2,2H3,(H,17,18). The van der Waals surface area contributed by atoms with E-state index in [0.29, 0.717) is 31.9 Å². The zero-order valence-electron chi connectivity index (χ0n) is 11.7. The minimum atomic E-state index is -0.248. The van der Waals surface area contributed by atoms with Gasteiger partial charge in [0.25, 0.3) is 0 Å². The van der Waals surface area contributed by atoms with E-state index in [0.717, 1.165) is 10.5 Å². The molecule has 1 amide bonds. The number of halogens is 1. The van der Waals surface area contributed by atoms with Crippen molar-refractivity contribution >= 4 is 17.7 Å². The van der Waals surface area contributed by atoms with Gasteiger partial charge in [0.05, 0.1) is 13.2 Å². The van der Waals surface area contributed by atoms with Crippen molar-refractivity contribution in [3.8, 4) is 0 Å². The first kappa shape index (κ1) is 16.7. The fourth-order valence-corrected chi connectivity index (χ4v) is 2.24. The first-order valence-electron chi connectivity index (χ1n) is 6.45. The Bertz CT molecular complexity index is 434. The Labute approximate surface area is 123 Å². The average molecular weight is 297 g/mol. The van der Waals surface area contributed by atoms with Crippen LogP contribution in [0.4, 0.5) is 4.39 Å². The number of carbonyl (C=O) groups is 1. The van der Waals surface area contributed by atoms with Crippen LogP contribution in [0, 0.1) is 5.82 Å². The van der Waals surface area contributed by atoms with Crippen LogP contribution in [-0.4, -0.2) is 31.4 Å². The van der Waals surface area contributed by atoms with Crippen LogP contribution in [-0.2, 0) is 9.53 Å². The number of rotatable bonds is 9. The zero-order valence-corrected chi connectivity index (χ0v) is 12.5. The molecule has 110 valence electrons. The summed E-state index contributed by atoms with van der Waals surface area (Å²) in [5.74, 6) is 0.421. The molecule has 20 heavy (non-hydrogen) atoms. The molecule has 0 aliphatic carbocycles. The van der Waals surface area contributed by atoms with Gasteiger partial charge in [-0.3, -0.25) is 4.79 Å². The third-order valence-corrected chi connectivity index (χ3v) is 3.34. The van der Waals surface area contributed by atoms with Crippen molar-refractivity contribution in [3.05, 3.63) is 42.2 Å². The van der Waals surface area contributed by atoms with Crippen LogP contribution in [0.1, 0.15) is 13.3 Å². The third-order valence-electron chi connectivity index (χ3n) is 2.33. The number of ether oxygens (including phenoxy) is 1. The maximum Gasteiger partial charge on any atom is 0.220 e. The van der Waals surface area contributed by atoms with Gasteiger partial charge in [0.2, 0.25) is 5.91 Å². The molecule has 0 saturated heterocycles. The third kappa shape index (κ3) is 7.96. The quantitative estimate of drug-likeness (QED) is 0.432. The highest BCUT2D eigenvalue weighted by Crippen LogP contribution is 2.18. The molecule has 0 heterocycles. The van der Waals surface area contributed by atoms with Crippen molar-refractivity contribution in [2.75, 3.05) is 25.5 Å². The number of benzene rings is 1. The van der Waals surface area contributed by atoms with Gasteiger partial charge < -0.3 is 10.1 Å². The van der Waals surface area contributed by atoms with Gasteiger partial charge in [0.1, 0.15) is 5.82 Å². The molecular formula is C15H20FNO2S. The van der Waals surface area contributed by atoms with E-state index in [1.807, 2.05) is 6.92 Å². The molecule has 0 atom stereocenters. The van der Waals surface area contributed by atoms with Crippen molar-refractivity contribution in [2.45, 2.75) is 18.2 Å². The van der Waals surface area contributed by atoms with Crippen LogP contribution < -0.4 is 5.32 Å². The highest BCUT2D eigenvalue weighted by molar-refractivity contribution is 7.99. The van der Waals surface area contributed by atoms with E-state index in [1.54, 1.807) is 12.1 Å². The van der Waals surface area contributed by atoms with E-state index in [9.17, 15) is 9.18 Å². The summed E-state index contributed by atoms with van der Waals surface area (Å²) in [5.41, 5.74) is 0.965. The van der Waals surface area contributed by atoms with Crippen molar-refractivity contribution in [2.24, 2.45) is 0 Å². The van der Waals surface area contributed by atoms with Gasteiger partial charge in [0, 0.05) is 23.6 Å². The second-order valence-corrected chi connectivity index (χ2v) is 5.58. The molecule has 3 nitrogen and oxygen atoms in total. The van der Waals surface area contributed by atoms with Crippen molar-refractivity contribution < 1.29 is 13.9 Å². The first-order chi connectivity index (χ1) is 9.58. The summed E-state index contributed by atoms with van der Waals surface area (Å²) in [5, 5.41) is 2.78. The summed E-state index contributed by atoms with van der Waals surface area (Å²) in [4.78, 5) is 12.5. The van der Waals surface area contributed by atoms with Crippen LogP contribution >= 0.6 is 11.8 Å². The second-order valence-electron chi connectivity index (χ2n) is 4.41. The molecule has 5 heteroatoms. The van der Waals surface area contributed by atoms with Crippen LogP contribution in [0.15, 0.2) is 41.3 Å². The van der Waals surface area contributed by atoms with Crippen LogP contribution in [0.25, 0.3) is 0 Å². The molecule has 0 aliphatic rings. The lowest BCUT2D eigenvalue weighted by Crippen LogP contribution is -2.27. The summed E-state index contributed by atoms with van der Waals surface area (Å²) < 4.78 is 18.0. The lowest BCUT2D eigenvalue weighted by atomic mass is 10.4. The van der Waals surface area contributed by atoms with Gasteiger partial charge in [-0.25, -0.2) is 4.39 Å². The fourth-order valence-electron chi connectivity index (χ4n) is 1.39. The summed E-state index contributed by atoms with van der Waals surface area (Å²) >= 11 is 1.53. The Hall–Kier alpha value is -1.33. The molecule has 0 saturated carbocycles. The highest BCUT2D eigenvalue weighted by Gasteiger charge is 2.02. The Morgan fingerprint density at radius 1 is 1.40 bits per heavy atom. The number of carbonyl (C=O) groups excluding carboxylic acids is 1. The second kappa shape index (κ2) is 9.55. The van der Waals surface area contributed by atoms with E-state index in [4.69, 9.17) is 4.74 Å². The van der Waals surface area contributed by atoms with E-state index >= 15 is 0 Å². The summed E-state index contributed by atoms with van der Waals surface area (Å²) in [6.45, 7) is 7.14. The van der Waals surface area contributed by atoms with Gasteiger partial charge >= 0.3 is 0 Å². The van der Waals surface area contributed by atoms with Crippen molar-refractivity contribution in [1.29, 1.82) is 0 Å². The van der Waals surface area contributed by atoms with Crippen molar-refractivity contribution in [1.82, 2.24) is 5.32 Å². The molecule has 0 radical (unpaired) electrons. The zero-order chi connectivity index (χ0) is 14.8. The minimum Gasteiger partial charge on any atom is -0.375 e. The molecule has 0 aliphatic heterocycles. The monoisotopic (exact) mass is 297 g/mol. The largest absolute Gasteiger partial charge is 0.375 e. The Morgan fingerprint density at radius 3 is 2.75 bits per heavy atom. The van der Waals surface area contributed by atoms with Gasteiger partial charge in [-0.05, 0) is 31.2 Å². The molecule has 1 aromatic carbocycles. The topological polar surface area (TPSA) is 38.3 Å². The molecule has 0 aromatic heterocycles. The Kier molecular flexibility index (Phi) is 7.99. The highest BCUT2D eigenvalue weighted by atomic mass is 32.2. The predicted octanol–water partition coefficient (Wildman–Crippen LogP) is 3.02. The van der Waals surface area contributed by atoms with Gasteiger partial charge in [0.15, 0.2) is 0 Å². The van der Waals surface area contributed by atoms with Crippen molar-refractivity contribution in [3.63, 3.8) is 0 Å². The van der Waals surface area contributed by atoms with Gasteiger partial charge in [-0.2, -0.15) is 0 Å².